The van der Waals surface area contributed by atoms with Gasteiger partial charge in [-0.25, -0.2) is 0 Å². The largest absolute Gasteiger partial charge is 0.508 e. The van der Waals surface area contributed by atoms with Gasteiger partial charge in [0.1, 0.15) is 5.75 Å². The number of likely N-dealkylation sites (tertiary alicyclic amines) is 1. The molecule has 1 aromatic carbocycles. The topological polar surface area (TPSA) is 35.5 Å². The molecular weight excluding hydrogens is 236 g/mol. The summed E-state index contributed by atoms with van der Waals surface area (Å²) in [4.78, 5) is 2.56. The second-order valence-corrected chi connectivity index (χ2v) is 5.60. The lowest BCUT2D eigenvalue weighted by atomic mass is 10.0. The first kappa shape index (κ1) is 14.4. The fraction of sp³-hybridized carbons (Fsp3) is 0.625. The number of phenolic OH excluding ortho intramolecular Hbond substituents is 1. The Morgan fingerprint density at radius 2 is 1.89 bits per heavy atom. The molecule has 1 unspecified atom stereocenters. The molecule has 2 N–H and O–H groups in total. The van der Waals surface area contributed by atoms with E-state index >= 15 is 0 Å². The Morgan fingerprint density at radius 1 is 1.26 bits per heavy atom. The molecule has 3 heteroatoms. The molecular formula is C16H26N2O. The lowest BCUT2D eigenvalue weighted by molar-refractivity contribution is 0.192. The Kier molecular flexibility index (Phi) is 5.23. The van der Waals surface area contributed by atoms with Gasteiger partial charge in [-0.1, -0.05) is 19.1 Å². The number of nitrogens with one attached hydrogen (secondary N) is 1. The molecule has 2 rings (SSSR count). The van der Waals surface area contributed by atoms with Gasteiger partial charge in [-0.15, -0.1) is 0 Å². The number of hydrogen-bond acceptors (Lipinski definition) is 3. The van der Waals surface area contributed by atoms with E-state index in [0.717, 1.165) is 0 Å². The normalized spacial score (nSPS) is 19.5. The van der Waals surface area contributed by atoms with Crippen LogP contribution in [0.15, 0.2) is 24.3 Å². The van der Waals surface area contributed by atoms with Crippen LogP contribution in [0.25, 0.3) is 0 Å². The predicted molar refractivity (Wildman–Crippen MR) is 79.4 cm³/mol. The molecule has 0 amide bonds. The van der Waals surface area contributed by atoms with Crippen molar-refractivity contribution >= 4 is 0 Å². The van der Waals surface area contributed by atoms with Gasteiger partial charge in [0.05, 0.1) is 0 Å². The minimum absolute atomic E-state index is 0.337. The van der Waals surface area contributed by atoms with E-state index in [1.807, 2.05) is 12.1 Å². The highest BCUT2D eigenvalue weighted by Gasteiger charge is 2.20. The second kappa shape index (κ2) is 6.92. The van der Waals surface area contributed by atoms with Crippen LogP contribution < -0.4 is 5.32 Å². The molecule has 1 saturated heterocycles. The van der Waals surface area contributed by atoms with E-state index in [1.54, 1.807) is 12.1 Å². The molecule has 0 radical (unpaired) electrons. The van der Waals surface area contributed by atoms with E-state index in [1.165, 1.54) is 44.5 Å². The van der Waals surface area contributed by atoms with Crippen molar-refractivity contribution in [3.8, 4) is 5.75 Å². The van der Waals surface area contributed by atoms with Crippen LogP contribution in [0.4, 0.5) is 0 Å². The molecule has 0 saturated carbocycles. The van der Waals surface area contributed by atoms with E-state index < -0.39 is 0 Å². The maximum absolute atomic E-state index is 9.31. The van der Waals surface area contributed by atoms with Crippen LogP contribution in [0.2, 0.25) is 0 Å². The van der Waals surface area contributed by atoms with Gasteiger partial charge < -0.3 is 15.3 Å². The Balaban J connectivity index is 1.80. The summed E-state index contributed by atoms with van der Waals surface area (Å²) in [6, 6.07) is 8.49. The zero-order valence-corrected chi connectivity index (χ0v) is 12.1. The predicted octanol–water partition coefficient (Wildman–Crippen LogP) is 2.92. The Hall–Kier alpha value is -1.06. The van der Waals surface area contributed by atoms with Crippen LogP contribution in [-0.2, 0) is 0 Å². The van der Waals surface area contributed by atoms with Crippen LogP contribution in [-0.4, -0.2) is 35.7 Å². The molecule has 19 heavy (non-hydrogen) atoms. The molecule has 0 aliphatic carbocycles. The lowest BCUT2D eigenvalue weighted by Gasteiger charge is -2.33. The van der Waals surface area contributed by atoms with Crippen molar-refractivity contribution in [1.29, 1.82) is 0 Å². The molecule has 1 fully saturated rings. The standard InChI is InChI=1S/C16H26N2O/c1-3-10-18-11-8-15(9-12-18)17-13(2)14-4-6-16(19)7-5-14/h4-7,13,15,17,19H,3,8-12H2,1-2H3. The number of aromatic hydroxyl groups is 1. The second-order valence-electron chi connectivity index (χ2n) is 5.60. The average Bonchev–Trinajstić information content (AvgIpc) is 2.42. The summed E-state index contributed by atoms with van der Waals surface area (Å²) in [6.07, 6.45) is 3.73. The summed E-state index contributed by atoms with van der Waals surface area (Å²) in [7, 11) is 0. The monoisotopic (exact) mass is 262 g/mol. The Morgan fingerprint density at radius 3 is 2.47 bits per heavy atom. The zero-order chi connectivity index (χ0) is 13.7. The van der Waals surface area contributed by atoms with Crippen molar-refractivity contribution in [1.82, 2.24) is 10.2 Å². The molecule has 0 aromatic heterocycles. The van der Waals surface area contributed by atoms with Crippen LogP contribution in [0.5, 0.6) is 5.75 Å². The molecule has 1 heterocycles. The van der Waals surface area contributed by atoms with Crippen molar-refractivity contribution in [2.24, 2.45) is 0 Å². The van der Waals surface area contributed by atoms with Crippen LogP contribution in [0, 0.1) is 0 Å². The van der Waals surface area contributed by atoms with Gasteiger partial charge in [0, 0.05) is 12.1 Å². The van der Waals surface area contributed by atoms with Gasteiger partial charge in [-0.2, -0.15) is 0 Å². The quantitative estimate of drug-likeness (QED) is 0.856. The third kappa shape index (κ3) is 4.22. The number of phenols is 1. The van der Waals surface area contributed by atoms with Crippen LogP contribution in [0.3, 0.4) is 0 Å². The first-order valence-electron chi connectivity index (χ1n) is 7.46. The Bertz CT molecular complexity index is 369. The van der Waals surface area contributed by atoms with Crippen molar-refractivity contribution in [3.05, 3.63) is 29.8 Å². The number of rotatable bonds is 5. The number of benzene rings is 1. The minimum Gasteiger partial charge on any atom is -0.508 e. The molecule has 0 bridgehead atoms. The summed E-state index contributed by atoms with van der Waals surface area (Å²) in [5, 5.41) is 13.0. The van der Waals surface area contributed by atoms with Gasteiger partial charge in [-0.05, 0) is 63.5 Å². The van der Waals surface area contributed by atoms with Crippen molar-refractivity contribution in [3.63, 3.8) is 0 Å². The maximum atomic E-state index is 9.31. The number of hydrogen-bond donors (Lipinski definition) is 2. The number of nitrogens with zero attached hydrogens (tertiary/aromatic N) is 1. The van der Waals surface area contributed by atoms with Gasteiger partial charge >= 0.3 is 0 Å². The first-order valence-corrected chi connectivity index (χ1v) is 7.46. The summed E-state index contributed by atoms with van der Waals surface area (Å²) in [5.74, 6) is 0.337. The van der Waals surface area contributed by atoms with Crippen LogP contribution >= 0.6 is 0 Å². The van der Waals surface area contributed by atoms with Gasteiger partial charge in [0.2, 0.25) is 0 Å². The van der Waals surface area contributed by atoms with Gasteiger partial charge in [-0.3, -0.25) is 0 Å². The highest BCUT2D eigenvalue weighted by Crippen LogP contribution is 2.19. The molecule has 3 nitrogen and oxygen atoms in total. The molecule has 1 aromatic rings. The number of piperidine rings is 1. The third-order valence-corrected chi connectivity index (χ3v) is 4.01. The van der Waals surface area contributed by atoms with E-state index in [9.17, 15) is 5.11 Å². The summed E-state index contributed by atoms with van der Waals surface area (Å²) >= 11 is 0. The summed E-state index contributed by atoms with van der Waals surface area (Å²) in [5.41, 5.74) is 1.24. The molecule has 106 valence electrons. The van der Waals surface area contributed by atoms with Crippen molar-refractivity contribution in [2.75, 3.05) is 19.6 Å². The molecule has 0 spiro atoms. The molecule has 1 atom stereocenters. The minimum atomic E-state index is 0.337. The van der Waals surface area contributed by atoms with Crippen molar-refractivity contribution < 1.29 is 5.11 Å². The average molecular weight is 262 g/mol. The summed E-state index contributed by atoms with van der Waals surface area (Å²) in [6.45, 7) is 8.11. The van der Waals surface area contributed by atoms with Crippen molar-refractivity contribution in [2.45, 2.75) is 45.2 Å². The third-order valence-electron chi connectivity index (χ3n) is 4.01. The Labute approximate surface area is 116 Å². The first-order chi connectivity index (χ1) is 9.19. The molecule has 1 aliphatic rings. The highest BCUT2D eigenvalue weighted by atomic mass is 16.3. The fourth-order valence-corrected chi connectivity index (χ4v) is 2.85. The van der Waals surface area contributed by atoms with E-state index in [4.69, 9.17) is 0 Å². The van der Waals surface area contributed by atoms with E-state index in [-0.39, 0.29) is 0 Å². The molecule has 1 aliphatic heterocycles. The lowest BCUT2D eigenvalue weighted by Crippen LogP contribution is -2.43. The SMILES string of the molecule is CCCN1CCC(NC(C)c2ccc(O)cc2)CC1. The summed E-state index contributed by atoms with van der Waals surface area (Å²) < 4.78 is 0. The zero-order valence-electron chi connectivity index (χ0n) is 12.1. The fourth-order valence-electron chi connectivity index (χ4n) is 2.85. The maximum Gasteiger partial charge on any atom is 0.115 e. The van der Waals surface area contributed by atoms with Gasteiger partial charge in [0.15, 0.2) is 0 Å². The highest BCUT2D eigenvalue weighted by molar-refractivity contribution is 5.27. The van der Waals surface area contributed by atoms with E-state index in [0.29, 0.717) is 17.8 Å². The van der Waals surface area contributed by atoms with Crippen LogP contribution in [0.1, 0.15) is 44.7 Å². The van der Waals surface area contributed by atoms with Gasteiger partial charge in [0.25, 0.3) is 0 Å². The van der Waals surface area contributed by atoms with E-state index in [2.05, 4.69) is 24.1 Å². The smallest absolute Gasteiger partial charge is 0.115 e.